The zero-order valence-corrected chi connectivity index (χ0v) is 15.1. The average Bonchev–Trinajstić information content (AvgIpc) is 2.95. The Bertz CT molecular complexity index is 939. The van der Waals surface area contributed by atoms with Crippen molar-refractivity contribution in [3.05, 3.63) is 64.6 Å². The quantitative estimate of drug-likeness (QED) is 0.708. The van der Waals surface area contributed by atoms with E-state index in [0.717, 1.165) is 12.1 Å². The predicted molar refractivity (Wildman–Crippen MR) is 103 cm³/mol. The Morgan fingerprint density at radius 1 is 1.12 bits per heavy atom. The van der Waals surface area contributed by atoms with Gasteiger partial charge in [-0.25, -0.2) is 4.79 Å². The number of rotatable bonds is 7. The molecule has 2 aromatic carbocycles. The second-order valence-corrected chi connectivity index (χ2v) is 6.40. The van der Waals surface area contributed by atoms with Gasteiger partial charge in [-0.05, 0) is 36.2 Å². The number of fused-ring (bicyclic) bond motifs is 1. The molecule has 26 heavy (non-hydrogen) atoms. The van der Waals surface area contributed by atoms with Crippen LogP contribution in [0.5, 0.6) is 0 Å². The normalized spacial score (nSPS) is 10.8. The molecule has 6 nitrogen and oxygen atoms in total. The topological polar surface area (TPSA) is 67.5 Å². The molecule has 1 heterocycles. The van der Waals surface area contributed by atoms with Crippen LogP contribution in [-0.2, 0) is 17.8 Å². The lowest BCUT2D eigenvalue weighted by atomic mass is 10.1. The zero-order valence-electron chi connectivity index (χ0n) is 15.1. The minimum Gasteiger partial charge on any atom is -0.408 e. The van der Waals surface area contributed by atoms with E-state index in [-0.39, 0.29) is 12.3 Å². The summed E-state index contributed by atoms with van der Waals surface area (Å²) in [7, 11) is 4.01. The molecule has 0 radical (unpaired) electrons. The SMILES string of the molecule is CN(C)c1ccc(CCNC(=O)CCn2c(=O)oc3ccccc32)cc1. The van der Waals surface area contributed by atoms with Crippen molar-refractivity contribution in [2.45, 2.75) is 19.4 Å². The molecule has 0 aliphatic rings. The number of para-hydroxylation sites is 2. The summed E-state index contributed by atoms with van der Waals surface area (Å²) < 4.78 is 6.66. The van der Waals surface area contributed by atoms with Gasteiger partial charge in [0.05, 0.1) is 5.52 Å². The maximum absolute atomic E-state index is 12.1. The van der Waals surface area contributed by atoms with Gasteiger partial charge in [0.15, 0.2) is 5.58 Å². The number of aromatic nitrogens is 1. The van der Waals surface area contributed by atoms with Crippen molar-refractivity contribution in [2.24, 2.45) is 0 Å². The minimum absolute atomic E-state index is 0.0768. The number of hydrogen-bond donors (Lipinski definition) is 1. The Morgan fingerprint density at radius 2 is 1.85 bits per heavy atom. The van der Waals surface area contributed by atoms with Crippen molar-refractivity contribution in [1.29, 1.82) is 0 Å². The number of nitrogens with zero attached hydrogens (tertiary/aromatic N) is 2. The largest absolute Gasteiger partial charge is 0.419 e. The first-order chi connectivity index (χ1) is 12.5. The lowest BCUT2D eigenvalue weighted by molar-refractivity contribution is -0.121. The molecule has 1 N–H and O–H groups in total. The third-order valence-electron chi connectivity index (χ3n) is 4.32. The van der Waals surface area contributed by atoms with Gasteiger partial charge in [0.1, 0.15) is 0 Å². The van der Waals surface area contributed by atoms with E-state index in [0.29, 0.717) is 24.2 Å². The summed E-state index contributed by atoms with van der Waals surface area (Å²) in [5, 5.41) is 2.90. The van der Waals surface area contributed by atoms with Crippen molar-refractivity contribution in [3.63, 3.8) is 0 Å². The molecule has 0 saturated heterocycles. The molecular weight excluding hydrogens is 330 g/mol. The Labute approximate surface area is 152 Å². The highest BCUT2D eigenvalue weighted by atomic mass is 16.4. The molecule has 0 aliphatic carbocycles. The summed E-state index contributed by atoms with van der Waals surface area (Å²) in [5.41, 5.74) is 3.58. The standard InChI is InChI=1S/C20H23N3O3/c1-22(2)16-9-7-15(8-10-16)11-13-21-19(24)12-14-23-17-5-3-4-6-18(17)26-20(23)25/h3-10H,11-14H2,1-2H3,(H,21,24). The summed E-state index contributed by atoms with van der Waals surface area (Å²) in [6.45, 7) is 0.875. The first-order valence-electron chi connectivity index (χ1n) is 8.66. The Kier molecular flexibility index (Phi) is 5.41. The third-order valence-corrected chi connectivity index (χ3v) is 4.32. The molecule has 1 aromatic heterocycles. The van der Waals surface area contributed by atoms with E-state index >= 15 is 0 Å². The van der Waals surface area contributed by atoms with Crippen LogP contribution in [0.25, 0.3) is 11.1 Å². The van der Waals surface area contributed by atoms with E-state index in [1.165, 1.54) is 10.1 Å². The summed E-state index contributed by atoms with van der Waals surface area (Å²) in [6, 6.07) is 15.5. The molecule has 0 saturated carbocycles. The second-order valence-electron chi connectivity index (χ2n) is 6.40. The van der Waals surface area contributed by atoms with Crippen LogP contribution in [0.1, 0.15) is 12.0 Å². The number of carbonyl (C=O) groups excluding carboxylic acids is 1. The van der Waals surface area contributed by atoms with E-state index in [2.05, 4.69) is 29.6 Å². The van der Waals surface area contributed by atoms with E-state index in [1.54, 1.807) is 6.07 Å². The first-order valence-corrected chi connectivity index (χ1v) is 8.66. The van der Waals surface area contributed by atoms with Crippen LogP contribution in [0.3, 0.4) is 0 Å². The molecule has 0 aliphatic heterocycles. The number of benzene rings is 2. The van der Waals surface area contributed by atoms with E-state index in [4.69, 9.17) is 4.42 Å². The van der Waals surface area contributed by atoms with Gasteiger partial charge in [-0.15, -0.1) is 0 Å². The number of aryl methyl sites for hydroxylation is 1. The minimum atomic E-state index is -0.431. The average molecular weight is 353 g/mol. The van der Waals surface area contributed by atoms with Crippen LogP contribution in [0.2, 0.25) is 0 Å². The monoisotopic (exact) mass is 353 g/mol. The summed E-state index contributed by atoms with van der Waals surface area (Å²) >= 11 is 0. The fourth-order valence-corrected chi connectivity index (χ4v) is 2.83. The maximum Gasteiger partial charge on any atom is 0.419 e. The highest BCUT2D eigenvalue weighted by Crippen LogP contribution is 2.13. The van der Waals surface area contributed by atoms with Gasteiger partial charge in [0.2, 0.25) is 5.91 Å². The van der Waals surface area contributed by atoms with Crippen molar-refractivity contribution in [1.82, 2.24) is 9.88 Å². The van der Waals surface area contributed by atoms with Crippen LogP contribution in [-0.4, -0.2) is 31.1 Å². The van der Waals surface area contributed by atoms with Crippen molar-refractivity contribution < 1.29 is 9.21 Å². The van der Waals surface area contributed by atoms with E-state index < -0.39 is 5.76 Å². The summed E-state index contributed by atoms with van der Waals surface area (Å²) in [4.78, 5) is 26.0. The van der Waals surface area contributed by atoms with Gasteiger partial charge in [0.25, 0.3) is 0 Å². The number of amides is 1. The number of nitrogens with one attached hydrogen (secondary N) is 1. The third kappa shape index (κ3) is 4.14. The van der Waals surface area contributed by atoms with Crippen molar-refractivity contribution >= 4 is 22.7 Å². The van der Waals surface area contributed by atoms with Crippen LogP contribution in [0, 0.1) is 0 Å². The molecule has 3 rings (SSSR count). The second kappa shape index (κ2) is 7.91. The number of oxazole rings is 1. The predicted octanol–water partition coefficient (Wildman–Crippen LogP) is 2.41. The highest BCUT2D eigenvalue weighted by molar-refractivity contribution is 5.76. The molecule has 0 spiro atoms. The van der Waals surface area contributed by atoms with Crippen LogP contribution >= 0.6 is 0 Å². The lowest BCUT2D eigenvalue weighted by Gasteiger charge is -2.12. The molecule has 0 fully saturated rings. The molecule has 0 atom stereocenters. The number of anilines is 1. The summed E-state index contributed by atoms with van der Waals surface area (Å²) in [5.74, 6) is -0.507. The molecule has 3 aromatic rings. The van der Waals surface area contributed by atoms with Crippen molar-refractivity contribution in [3.8, 4) is 0 Å². The van der Waals surface area contributed by atoms with Crippen LogP contribution < -0.4 is 16.0 Å². The van der Waals surface area contributed by atoms with E-state index in [9.17, 15) is 9.59 Å². The van der Waals surface area contributed by atoms with Gasteiger partial charge in [-0.2, -0.15) is 0 Å². The van der Waals surface area contributed by atoms with Crippen LogP contribution in [0.4, 0.5) is 5.69 Å². The Morgan fingerprint density at radius 3 is 2.58 bits per heavy atom. The van der Waals surface area contributed by atoms with Gasteiger partial charge in [-0.1, -0.05) is 24.3 Å². The van der Waals surface area contributed by atoms with Gasteiger partial charge in [-0.3, -0.25) is 9.36 Å². The highest BCUT2D eigenvalue weighted by Gasteiger charge is 2.10. The first kappa shape index (κ1) is 17.8. The number of carbonyl (C=O) groups is 1. The molecule has 0 unspecified atom stereocenters. The van der Waals surface area contributed by atoms with Gasteiger partial charge < -0.3 is 14.6 Å². The Balaban J connectivity index is 1.48. The van der Waals surface area contributed by atoms with Crippen LogP contribution in [0.15, 0.2) is 57.7 Å². The molecule has 136 valence electrons. The van der Waals surface area contributed by atoms with Gasteiger partial charge >= 0.3 is 5.76 Å². The van der Waals surface area contributed by atoms with Gasteiger partial charge in [0, 0.05) is 39.3 Å². The molecule has 1 amide bonds. The molecule has 0 bridgehead atoms. The number of hydrogen-bond acceptors (Lipinski definition) is 4. The molecular formula is C20H23N3O3. The lowest BCUT2D eigenvalue weighted by Crippen LogP contribution is -2.27. The zero-order chi connectivity index (χ0) is 18.5. The van der Waals surface area contributed by atoms with E-state index in [1.807, 2.05) is 37.2 Å². The smallest absolute Gasteiger partial charge is 0.408 e. The fraction of sp³-hybridized carbons (Fsp3) is 0.300. The van der Waals surface area contributed by atoms with Crippen molar-refractivity contribution in [2.75, 3.05) is 25.5 Å². The Hall–Kier alpha value is -3.02. The molecule has 6 heteroatoms. The fourth-order valence-electron chi connectivity index (χ4n) is 2.83. The maximum atomic E-state index is 12.1. The summed E-state index contributed by atoms with van der Waals surface area (Å²) in [6.07, 6.45) is 1.01.